The molecule has 1 rings (SSSR count). The van der Waals surface area contributed by atoms with E-state index in [-0.39, 0.29) is 38.8 Å². The fraction of sp³-hybridized carbons (Fsp3) is 0.556. The Morgan fingerprint density at radius 3 is 2.56 bits per heavy atom. The van der Waals surface area contributed by atoms with Crippen LogP contribution in [0.5, 0.6) is 0 Å². The lowest BCUT2D eigenvalue weighted by Crippen LogP contribution is -3.00. The number of aromatic nitrogens is 2. The van der Waals surface area contributed by atoms with E-state index in [0.29, 0.717) is 0 Å². The molecule has 1 unspecified atom stereocenters. The highest BCUT2D eigenvalue weighted by molar-refractivity contribution is 5.76. The van der Waals surface area contributed by atoms with Gasteiger partial charge in [-0.05, 0) is 0 Å². The minimum Gasteiger partial charge on any atom is -0.592 e. The first-order valence-electron chi connectivity index (χ1n) is 5.34. The molecule has 0 aliphatic heterocycles. The molecule has 0 aliphatic carbocycles. The minimum atomic E-state index is -1.22. The van der Waals surface area contributed by atoms with Crippen LogP contribution in [0.3, 0.4) is 0 Å². The molecule has 0 spiro atoms. The summed E-state index contributed by atoms with van der Waals surface area (Å²) in [4.78, 5) is 16.7. The Bertz CT molecular complexity index is 375. The number of amides is 1. The topological polar surface area (TPSA) is 126 Å². The van der Waals surface area contributed by atoms with Crippen molar-refractivity contribution >= 4 is 11.9 Å². The summed E-state index contributed by atoms with van der Waals surface area (Å²) in [5.74, 6) is -0.616. The van der Waals surface area contributed by atoms with Gasteiger partial charge in [-0.25, -0.2) is 5.21 Å². The molecule has 0 radical (unpaired) electrons. The molecule has 0 fully saturated rings. The van der Waals surface area contributed by atoms with E-state index in [9.17, 15) is 10.0 Å². The molecule has 0 aliphatic rings. The van der Waals surface area contributed by atoms with Crippen molar-refractivity contribution < 1.29 is 25.4 Å². The number of hydrogen-bond acceptors (Lipinski definition) is 6. The highest BCUT2D eigenvalue weighted by Gasteiger charge is 2.17. The smallest absolute Gasteiger partial charge is 0.341 e. The van der Waals surface area contributed by atoms with Crippen LogP contribution in [0.4, 0.5) is 5.95 Å². The van der Waals surface area contributed by atoms with E-state index in [4.69, 9.17) is 15.4 Å². The van der Waals surface area contributed by atoms with Gasteiger partial charge >= 0.3 is 5.95 Å². The van der Waals surface area contributed by atoms with E-state index in [1.807, 2.05) is 0 Å². The zero-order valence-electron chi connectivity index (χ0n) is 9.69. The molecule has 18 heavy (non-hydrogen) atoms. The first kappa shape index (κ1) is 14.5. The Labute approximate surface area is 103 Å². The Kier molecular flexibility index (Phi) is 5.68. The first-order valence-corrected chi connectivity index (χ1v) is 5.34. The lowest BCUT2D eigenvalue weighted by molar-refractivity contribution is -0.995. The van der Waals surface area contributed by atoms with Crippen LogP contribution in [-0.4, -0.2) is 62.1 Å². The third kappa shape index (κ3) is 3.75. The van der Waals surface area contributed by atoms with E-state index < -0.39 is 11.1 Å². The summed E-state index contributed by atoms with van der Waals surface area (Å²) in [6.07, 6.45) is 2.68. The zero-order chi connectivity index (χ0) is 13.5. The van der Waals surface area contributed by atoms with Crippen LogP contribution in [0.2, 0.25) is 0 Å². The number of nitrogens with one attached hydrogen (secondary N) is 1. The normalized spacial score (nSPS) is 12.4. The molecule has 0 saturated carbocycles. The second-order valence-corrected chi connectivity index (χ2v) is 3.51. The fourth-order valence-corrected chi connectivity index (χ4v) is 1.48. The van der Waals surface area contributed by atoms with E-state index in [2.05, 4.69) is 4.98 Å². The maximum absolute atomic E-state index is 11.8. The van der Waals surface area contributed by atoms with Gasteiger partial charge in [0.05, 0.1) is 19.4 Å². The van der Waals surface area contributed by atoms with Gasteiger partial charge in [0.25, 0.3) is 0 Å². The van der Waals surface area contributed by atoms with Gasteiger partial charge in [0.2, 0.25) is 5.91 Å². The highest BCUT2D eigenvalue weighted by Crippen LogP contribution is 2.00. The average molecular weight is 260 g/mol. The van der Waals surface area contributed by atoms with Crippen molar-refractivity contribution in [2.75, 3.05) is 26.3 Å². The number of carbonyl (C=O) groups excluding carboxylic acids is 1. The van der Waals surface area contributed by atoms with Crippen molar-refractivity contribution in [2.45, 2.75) is 6.54 Å². The van der Waals surface area contributed by atoms with Crippen molar-refractivity contribution in [3.8, 4) is 0 Å². The van der Waals surface area contributed by atoms with Gasteiger partial charge in [0.1, 0.15) is 6.54 Å². The van der Waals surface area contributed by atoms with Crippen LogP contribution < -0.4 is 5.23 Å². The van der Waals surface area contributed by atoms with Gasteiger partial charge in [-0.15, -0.1) is 0 Å². The zero-order valence-corrected chi connectivity index (χ0v) is 9.69. The van der Waals surface area contributed by atoms with Gasteiger partial charge in [-0.3, -0.25) is 9.36 Å². The van der Waals surface area contributed by atoms with Gasteiger partial charge in [-0.2, -0.15) is 10.2 Å². The Morgan fingerprint density at radius 1 is 1.44 bits per heavy atom. The van der Waals surface area contributed by atoms with Crippen LogP contribution in [0, 0.1) is 5.21 Å². The van der Waals surface area contributed by atoms with Crippen LogP contribution >= 0.6 is 0 Å². The summed E-state index contributed by atoms with van der Waals surface area (Å²) < 4.78 is 1.20. The fourth-order valence-electron chi connectivity index (χ4n) is 1.48. The maximum Gasteiger partial charge on any atom is 0.341 e. The van der Waals surface area contributed by atoms with Crippen LogP contribution in [0.25, 0.3) is 0 Å². The first-order chi connectivity index (χ1) is 8.60. The quantitative estimate of drug-likeness (QED) is 0.390. The molecule has 0 aromatic carbocycles. The summed E-state index contributed by atoms with van der Waals surface area (Å²) in [7, 11) is 0. The number of carbonyl (C=O) groups is 1. The lowest BCUT2D eigenvalue weighted by Gasteiger charge is -2.21. The van der Waals surface area contributed by atoms with Crippen LogP contribution in [0.15, 0.2) is 12.4 Å². The number of rotatable bonds is 7. The predicted octanol–water partition coefficient (Wildman–Crippen LogP) is -2.90. The summed E-state index contributed by atoms with van der Waals surface area (Å²) >= 11 is 0. The van der Waals surface area contributed by atoms with E-state index in [1.54, 1.807) is 0 Å². The second kappa shape index (κ2) is 7.03. The Balaban J connectivity index is 2.69. The van der Waals surface area contributed by atoms with Crippen molar-refractivity contribution in [1.29, 1.82) is 0 Å². The predicted molar refractivity (Wildman–Crippen MR) is 58.8 cm³/mol. The highest BCUT2D eigenvalue weighted by atomic mass is 16.8. The summed E-state index contributed by atoms with van der Waals surface area (Å²) in [5, 5.41) is 36.0. The summed E-state index contributed by atoms with van der Waals surface area (Å²) in [6, 6.07) is 0. The Morgan fingerprint density at radius 2 is 2.06 bits per heavy atom. The molecule has 4 N–H and O–H groups in total. The van der Waals surface area contributed by atoms with Crippen LogP contribution in [-0.2, 0) is 11.3 Å². The summed E-state index contributed by atoms with van der Waals surface area (Å²) in [6.45, 7) is -0.447. The Hall–Kier alpha value is -1.52. The second-order valence-electron chi connectivity index (χ2n) is 3.51. The molecule has 1 aromatic heterocycles. The van der Waals surface area contributed by atoms with Crippen molar-refractivity contribution in [1.82, 2.24) is 14.5 Å². The van der Waals surface area contributed by atoms with Gasteiger partial charge in [0.15, 0.2) is 0 Å². The molecule has 0 bridgehead atoms. The number of quaternary nitrogens is 1. The molecule has 9 nitrogen and oxygen atoms in total. The van der Waals surface area contributed by atoms with Crippen LogP contribution in [0.1, 0.15) is 0 Å². The molecule has 102 valence electrons. The van der Waals surface area contributed by atoms with Crippen molar-refractivity contribution in [3.63, 3.8) is 0 Å². The van der Waals surface area contributed by atoms with E-state index in [0.717, 1.165) is 0 Å². The molecule has 1 heterocycles. The molecule has 0 saturated heterocycles. The summed E-state index contributed by atoms with van der Waals surface area (Å²) in [5.41, 5.74) is 0. The third-order valence-corrected chi connectivity index (χ3v) is 2.30. The third-order valence-electron chi connectivity index (χ3n) is 2.30. The molecular weight excluding hydrogens is 244 g/mol. The minimum absolute atomic E-state index is 0.0937. The lowest BCUT2D eigenvalue weighted by atomic mass is 10.4. The maximum atomic E-state index is 11.8. The molecule has 1 aromatic rings. The molecule has 9 heteroatoms. The number of hydrogen-bond donors (Lipinski definition) is 4. The largest absolute Gasteiger partial charge is 0.592 e. The monoisotopic (exact) mass is 260 g/mol. The number of aliphatic hydroxyl groups is 2. The number of nitrogens with zero attached hydrogens (tertiary/aromatic N) is 3. The molecular formula is C9H16N4O5. The van der Waals surface area contributed by atoms with Gasteiger partial charge in [-0.1, -0.05) is 0 Å². The SMILES string of the molecule is O=C(Cn1ccnc1[NH+]([O-])O)N(CCO)CCO. The number of aliphatic hydroxyl groups excluding tert-OH is 2. The van der Waals surface area contributed by atoms with E-state index in [1.165, 1.54) is 21.9 Å². The van der Waals surface area contributed by atoms with Crippen molar-refractivity contribution in [3.05, 3.63) is 17.6 Å². The molecule has 1 amide bonds. The average Bonchev–Trinajstić information content (AvgIpc) is 2.77. The van der Waals surface area contributed by atoms with Crippen molar-refractivity contribution in [2.24, 2.45) is 0 Å². The standard InChI is InChI=1S/C9H16N4O5/c14-5-3-11(4-6-15)8(16)7-12-2-1-10-9(12)13(17)18/h1-2,13-15,17H,3-7H2. The van der Waals surface area contributed by atoms with Gasteiger partial charge in [0, 0.05) is 19.3 Å². The molecule has 1 atom stereocenters. The van der Waals surface area contributed by atoms with E-state index >= 15 is 0 Å². The number of imidazole rings is 1. The van der Waals surface area contributed by atoms with Gasteiger partial charge < -0.3 is 20.3 Å².